The molecule has 1 aromatic carbocycles. The zero-order valence-electron chi connectivity index (χ0n) is 12.4. The highest BCUT2D eigenvalue weighted by molar-refractivity contribution is 7.12. The minimum absolute atomic E-state index is 0.484. The Bertz CT molecular complexity index is 572. The van der Waals surface area contributed by atoms with E-state index >= 15 is 0 Å². The van der Waals surface area contributed by atoms with Gasteiger partial charge in [-0.05, 0) is 56.0 Å². The Morgan fingerprint density at radius 3 is 2.85 bits per heavy atom. The van der Waals surface area contributed by atoms with Gasteiger partial charge in [0, 0.05) is 21.7 Å². The van der Waals surface area contributed by atoms with Crippen molar-refractivity contribution in [2.24, 2.45) is 0 Å². The van der Waals surface area contributed by atoms with Gasteiger partial charge in [0.1, 0.15) is 0 Å². The molecule has 0 amide bonds. The van der Waals surface area contributed by atoms with Gasteiger partial charge in [0.2, 0.25) is 0 Å². The fourth-order valence-electron chi connectivity index (χ4n) is 3.30. The molecule has 1 nitrogen and oxygen atoms in total. The second-order valence-electron chi connectivity index (χ2n) is 5.72. The standard InChI is InChI=1S/C18H23NS/c1-3-12-19-18(17-11-8-13(2)20-17)16-10-9-14-6-4-5-7-15(14)16/h4-8,11,16,18-19H,3,9-10,12H2,1-2H3. The van der Waals surface area contributed by atoms with Crippen LogP contribution in [-0.4, -0.2) is 6.54 Å². The van der Waals surface area contributed by atoms with Gasteiger partial charge in [-0.3, -0.25) is 0 Å². The summed E-state index contributed by atoms with van der Waals surface area (Å²) in [7, 11) is 0. The van der Waals surface area contributed by atoms with Crippen LogP contribution in [0.1, 0.15) is 52.6 Å². The lowest BCUT2D eigenvalue weighted by Gasteiger charge is -2.25. The number of benzene rings is 1. The van der Waals surface area contributed by atoms with Gasteiger partial charge in [-0.1, -0.05) is 31.2 Å². The molecule has 2 unspecified atom stereocenters. The van der Waals surface area contributed by atoms with Crippen molar-refractivity contribution in [1.82, 2.24) is 5.32 Å². The first-order chi connectivity index (χ1) is 9.79. The maximum absolute atomic E-state index is 3.79. The molecule has 0 spiro atoms. The predicted octanol–water partition coefficient (Wildman–Crippen LogP) is 4.83. The second kappa shape index (κ2) is 6.11. The van der Waals surface area contributed by atoms with E-state index < -0.39 is 0 Å². The van der Waals surface area contributed by atoms with E-state index in [1.54, 1.807) is 11.1 Å². The third-order valence-electron chi connectivity index (χ3n) is 4.26. The van der Waals surface area contributed by atoms with Crippen LogP contribution >= 0.6 is 11.3 Å². The number of aryl methyl sites for hydroxylation is 2. The van der Waals surface area contributed by atoms with Crippen molar-refractivity contribution in [3.63, 3.8) is 0 Å². The van der Waals surface area contributed by atoms with E-state index in [1.807, 2.05) is 11.3 Å². The summed E-state index contributed by atoms with van der Waals surface area (Å²) in [5.41, 5.74) is 3.11. The van der Waals surface area contributed by atoms with Crippen LogP contribution in [0.15, 0.2) is 36.4 Å². The molecule has 0 saturated heterocycles. The van der Waals surface area contributed by atoms with Crippen molar-refractivity contribution in [2.45, 2.75) is 45.1 Å². The molecule has 2 aromatic rings. The molecule has 1 aliphatic carbocycles. The van der Waals surface area contributed by atoms with Crippen molar-refractivity contribution in [3.8, 4) is 0 Å². The van der Waals surface area contributed by atoms with E-state index in [0.717, 1.165) is 6.54 Å². The minimum atomic E-state index is 0.484. The van der Waals surface area contributed by atoms with Crippen molar-refractivity contribution in [2.75, 3.05) is 6.54 Å². The molecule has 0 bridgehead atoms. The SMILES string of the molecule is CCCNC(c1ccc(C)s1)C1CCc2ccccc21. The molecule has 2 atom stereocenters. The van der Waals surface area contributed by atoms with Crippen molar-refractivity contribution < 1.29 is 0 Å². The molecule has 20 heavy (non-hydrogen) atoms. The van der Waals surface area contributed by atoms with Crippen molar-refractivity contribution in [1.29, 1.82) is 0 Å². The number of thiophene rings is 1. The zero-order chi connectivity index (χ0) is 13.9. The third-order valence-corrected chi connectivity index (χ3v) is 5.35. The van der Waals surface area contributed by atoms with E-state index in [-0.39, 0.29) is 0 Å². The highest BCUT2D eigenvalue weighted by Gasteiger charge is 2.30. The van der Waals surface area contributed by atoms with Crippen LogP contribution in [-0.2, 0) is 6.42 Å². The highest BCUT2D eigenvalue weighted by Crippen LogP contribution is 2.43. The van der Waals surface area contributed by atoms with Gasteiger partial charge < -0.3 is 5.32 Å². The van der Waals surface area contributed by atoms with E-state index in [4.69, 9.17) is 0 Å². The lowest BCUT2D eigenvalue weighted by molar-refractivity contribution is 0.448. The summed E-state index contributed by atoms with van der Waals surface area (Å²) in [6.45, 7) is 5.54. The Morgan fingerprint density at radius 2 is 2.10 bits per heavy atom. The van der Waals surface area contributed by atoms with E-state index in [1.165, 1.54) is 29.0 Å². The van der Waals surface area contributed by atoms with Crippen molar-refractivity contribution >= 4 is 11.3 Å². The lowest BCUT2D eigenvalue weighted by atomic mass is 9.92. The summed E-state index contributed by atoms with van der Waals surface area (Å²) in [4.78, 5) is 2.91. The van der Waals surface area contributed by atoms with Crippen LogP contribution in [0, 0.1) is 6.92 Å². The van der Waals surface area contributed by atoms with E-state index in [9.17, 15) is 0 Å². The van der Waals surface area contributed by atoms with E-state index in [2.05, 4.69) is 55.6 Å². The van der Waals surface area contributed by atoms with Crippen LogP contribution in [0.2, 0.25) is 0 Å². The Morgan fingerprint density at radius 1 is 1.25 bits per heavy atom. The lowest BCUT2D eigenvalue weighted by Crippen LogP contribution is -2.26. The molecule has 1 aliphatic rings. The molecule has 106 valence electrons. The number of nitrogens with one attached hydrogen (secondary N) is 1. The molecule has 1 aromatic heterocycles. The maximum Gasteiger partial charge on any atom is 0.0484 e. The van der Waals surface area contributed by atoms with Crippen LogP contribution in [0.3, 0.4) is 0 Å². The molecule has 0 saturated carbocycles. The molecule has 0 fully saturated rings. The smallest absolute Gasteiger partial charge is 0.0484 e. The van der Waals surface area contributed by atoms with Crippen LogP contribution in [0.4, 0.5) is 0 Å². The summed E-state index contributed by atoms with van der Waals surface area (Å²) < 4.78 is 0. The maximum atomic E-state index is 3.79. The first-order valence-electron chi connectivity index (χ1n) is 7.67. The molecular weight excluding hydrogens is 262 g/mol. The average Bonchev–Trinajstić information content (AvgIpc) is 3.07. The first-order valence-corrected chi connectivity index (χ1v) is 8.48. The number of hydrogen-bond donors (Lipinski definition) is 1. The molecule has 0 radical (unpaired) electrons. The van der Waals surface area contributed by atoms with Crippen LogP contribution < -0.4 is 5.32 Å². The summed E-state index contributed by atoms with van der Waals surface area (Å²) in [5.74, 6) is 0.635. The van der Waals surface area contributed by atoms with Gasteiger partial charge in [0.25, 0.3) is 0 Å². The number of hydrogen-bond acceptors (Lipinski definition) is 2. The molecule has 1 N–H and O–H groups in total. The van der Waals surface area contributed by atoms with Crippen molar-refractivity contribution in [3.05, 3.63) is 57.3 Å². The summed E-state index contributed by atoms with van der Waals surface area (Å²) in [5, 5.41) is 3.79. The Kier molecular flexibility index (Phi) is 4.23. The molecule has 3 rings (SSSR count). The highest BCUT2D eigenvalue weighted by atomic mass is 32.1. The topological polar surface area (TPSA) is 12.0 Å². The van der Waals surface area contributed by atoms with Gasteiger partial charge in [-0.25, -0.2) is 0 Å². The molecular formula is C18H23NS. The quantitative estimate of drug-likeness (QED) is 0.830. The molecule has 1 heterocycles. The Balaban J connectivity index is 1.90. The van der Waals surface area contributed by atoms with Gasteiger partial charge >= 0.3 is 0 Å². The summed E-state index contributed by atoms with van der Waals surface area (Å²) >= 11 is 1.95. The van der Waals surface area contributed by atoms with Gasteiger partial charge in [0.05, 0.1) is 0 Å². The molecule has 0 aliphatic heterocycles. The Hall–Kier alpha value is -1.12. The minimum Gasteiger partial charge on any atom is -0.309 e. The number of fused-ring (bicyclic) bond motifs is 1. The Labute approximate surface area is 126 Å². The third kappa shape index (κ3) is 2.68. The summed E-state index contributed by atoms with van der Waals surface area (Å²) in [6, 6.07) is 14.0. The predicted molar refractivity (Wildman–Crippen MR) is 87.6 cm³/mol. The zero-order valence-corrected chi connectivity index (χ0v) is 13.2. The molecule has 2 heteroatoms. The van der Waals surface area contributed by atoms with Crippen LogP contribution in [0.5, 0.6) is 0 Å². The second-order valence-corrected chi connectivity index (χ2v) is 7.04. The fourth-order valence-corrected chi connectivity index (χ4v) is 4.32. The summed E-state index contributed by atoms with van der Waals surface area (Å²) in [6.07, 6.45) is 3.70. The average molecular weight is 285 g/mol. The first kappa shape index (κ1) is 13.8. The van der Waals surface area contributed by atoms with Gasteiger partial charge in [-0.15, -0.1) is 11.3 Å². The largest absolute Gasteiger partial charge is 0.309 e. The normalized spacial score (nSPS) is 19.0. The van der Waals surface area contributed by atoms with Crippen LogP contribution in [0.25, 0.3) is 0 Å². The fraction of sp³-hybridized carbons (Fsp3) is 0.444. The van der Waals surface area contributed by atoms with Gasteiger partial charge in [-0.2, -0.15) is 0 Å². The van der Waals surface area contributed by atoms with E-state index in [0.29, 0.717) is 12.0 Å². The monoisotopic (exact) mass is 285 g/mol. The van der Waals surface area contributed by atoms with Gasteiger partial charge in [0.15, 0.2) is 0 Å². The number of rotatable bonds is 5.